The quantitative estimate of drug-likeness (QED) is 0.233. The lowest BCUT2D eigenvalue weighted by atomic mass is 9.69. The van der Waals surface area contributed by atoms with Gasteiger partial charge in [0.2, 0.25) is 5.79 Å². The van der Waals surface area contributed by atoms with Gasteiger partial charge >= 0.3 is 11.9 Å². The highest BCUT2D eigenvalue weighted by atomic mass is 16.8. The number of allylic oxidation sites excluding steroid dienone is 3. The zero-order valence-electron chi connectivity index (χ0n) is 25.1. The van der Waals surface area contributed by atoms with Crippen molar-refractivity contribution in [3.8, 4) is 0 Å². The van der Waals surface area contributed by atoms with Crippen molar-refractivity contribution in [2.45, 2.75) is 130 Å². The molecule has 2 fully saturated rings. The molecule has 0 N–H and O–H groups in total. The van der Waals surface area contributed by atoms with Crippen molar-refractivity contribution in [1.82, 2.24) is 0 Å². The molecule has 1 aliphatic carbocycles. The van der Waals surface area contributed by atoms with Crippen molar-refractivity contribution in [3.63, 3.8) is 0 Å². The number of rotatable bonds is 13. The number of cyclic esters (lactones) is 1. The molecule has 0 spiro atoms. The number of esters is 2. The molecule has 1 saturated heterocycles. The molecule has 0 aromatic carbocycles. The molecule has 6 heteroatoms. The van der Waals surface area contributed by atoms with Crippen molar-refractivity contribution in [1.29, 1.82) is 0 Å². The van der Waals surface area contributed by atoms with Gasteiger partial charge in [-0.2, -0.15) is 0 Å². The number of aliphatic imine (C=N–C) groups is 1. The summed E-state index contributed by atoms with van der Waals surface area (Å²) in [6.07, 6.45) is 14.7. The van der Waals surface area contributed by atoms with Crippen molar-refractivity contribution in [2.75, 3.05) is 6.54 Å². The highest BCUT2D eigenvalue weighted by Crippen LogP contribution is 2.47. The number of hydrogen-bond donors (Lipinski definition) is 0. The van der Waals surface area contributed by atoms with Gasteiger partial charge in [-0.1, -0.05) is 58.6 Å². The monoisotopic (exact) mass is 529 g/mol. The zero-order valence-corrected chi connectivity index (χ0v) is 25.1. The van der Waals surface area contributed by atoms with E-state index in [-0.39, 0.29) is 30.2 Å². The van der Waals surface area contributed by atoms with E-state index in [0.29, 0.717) is 18.9 Å². The van der Waals surface area contributed by atoms with Gasteiger partial charge in [0.15, 0.2) is 5.60 Å². The number of ether oxygens (including phenoxy) is 3. The number of carbonyl (C=O) groups is 2. The van der Waals surface area contributed by atoms with Gasteiger partial charge in [0.05, 0.1) is 6.54 Å². The fourth-order valence-corrected chi connectivity index (χ4v) is 5.93. The van der Waals surface area contributed by atoms with E-state index in [1.54, 1.807) is 13.8 Å². The largest absolute Gasteiger partial charge is 0.460 e. The standard InChI is InChI=1S/C32H51NO5/c1-9-25(20-28(34)36-30(4,5)6)27(18-22(2)3)32(29(35)37-31(7,8)38-32)21-26-19-24(14-11-17-33-26)13-10-12-23-15-16-23/h11,14,19,22-23,25,27H,9-10,12-13,15-18,20-21H2,1-8H3/t25?,27-,32-/m1/s1. The Labute approximate surface area is 230 Å². The van der Waals surface area contributed by atoms with Crippen LogP contribution in [0.3, 0.4) is 0 Å². The summed E-state index contributed by atoms with van der Waals surface area (Å²) in [6, 6.07) is 0. The van der Waals surface area contributed by atoms with Crippen LogP contribution in [0.5, 0.6) is 0 Å². The molecule has 2 aliphatic heterocycles. The van der Waals surface area contributed by atoms with E-state index in [0.717, 1.165) is 30.9 Å². The van der Waals surface area contributed by atoms with E-state index in [1.807, 2.05) is 20.8 Å². The van der Waals surface area contributed by atoms with Gasteiger partial charge < -0.3 is 14.2 Å². The first-order valence-corrected chi connectivity index (χ1v) is 14.8. The van der Waals surface area contributed by atoms with Gasteiger partial charge in [-0.3, -0.25) is 9.79 Å². The second-order valence-electron chi connectivity index (χ2n) is 13.4. The maximum absolute atomic E-state index is 13.8. The molecule has 0 amide bonds. The lowest BCUT2D eigenvalue weighted by Crippen LogP contribution is -2.50. The average Bonchev–Trinajstić information content (AvgIpc) is 3.58. The van der Waals surface area contributed by atoms with Gasteiger partial charge in [0.25, 0.3) is 0 Å². The van der Waals surface area contributed by atoms with Crippen LogP contribution in [0, 0.1) is 23.7 Å². The molecule has 0 bridgehead atoms. The van der Waals surface area contributed by atoms with Crippen LogP contribution in [-0.2, 0) is 23.8 Å². The minimum Gasteiger partial charge on any atom is -0.460 e. The molecule has 3 aliphatic rings. The van der Waals surface area contributed by atoms with Crippen molar-refractivity contribution in [3.05, 3.63) is 23.8 Å². The Kier molecular flexibility index (Phi) is 10.1. The van der Waals surface area contributed by atoms with E-state index in [4.69, 9.17) is 19.2 Å². The molecule has 214 valence electrons. The van der Waals surface area contributed by atoms with Gasteiger partial charge in [-0.15, -0.1) is 0 Å². The third-order valence-electron chi connectivity index (χ3n) is 7.68. The van der Waals surface area contributed by atoms with E-state index in [2.05, 4.69) is 39.0 Å². The third-order valence-corrected chi connectivity index (χ3v) is 7.68. The second-order valence-corrected chi connectivity index (χ2v) is 13.4. The predicted molar refractivity (Wildman–Crippen MR) is 152 cm³/mol. The molecule has 38 heavy (non-hydrogen) atoms. The SMILES string of the molecule is CCC(CC(=O)OC(C)(C)C)[C@@H](CC(C)C)[C@@]1(CC2=NCC=CC(CCCC3CC3)=C2)OC(C)(C)OC1=O. The molecular weight excluding hydrogens is 478 g/mol. The van der Waals surface area contributed by atoms with Crippen molar-refractivity contribution in [2.24, 2.45) is 28.7 Å². The Bertz CT molecular complexity index is 934. The van der Waals surface area contributed by atoms with Crippen LogP contribution in [0.2, 0.25) is 0 Å². The van der Waals surface area contributed by atoms with E-state index in [1.165, 1.54) is 31.3 Å². The van der Waals surface area contributed by atoms with Crippen LogP contribution < -0.4 is 0 Å². The molecule has 3 atom stereocenters. The van der Waals surface area contributed by atoms with Gasteiger partial charge in [0.1, 0.15) is 5.60 Å². The van der Waals surface area contributed by atoms with Gasteiger partial charge in [-0.05, 0) is 69.4 Å². The van der Waals surface area contributed by atoms with E-state index in [9.17, 15) is 9.59 Å². The summed E-state index contributed by atoms with van der Waals surface area (Å²) in [5, 5.41) is 0. The Morgan fingerprint density at radius 2 is 1.95 bits per heavy atom. The van der Waals surface area contributed by atoms with E-state index < -0.39 is 17.0 Å². The third kappa shape index (κ3) is 8.79. The molecule has 0 radical (unpaired) electrons. The highest BCUT2D eigenvalue weighted by molar-refractivity contribution is 6.00. The van der Waals surface area contributed by atoms with Crippen LogP contribution in [0.1, 0.15) is 113 Å². The van der Waals surface area contributed by atoms with Crippen LogP contribution in [0.15, 0.2) is 28.8 Å². The molecule has 1 unspecified atom stereocenters. The lowest BCUT2D eigenvalue weighted by molar-refractivity contribution is -0.180. The smallest absolute Gasteiger partial charge is 0.341 e. The fraction of sp³-hybridized carbons (Fsp3) is 0.781. The minimum absolute atomic E-state index is 0.0970. The van der Waals surface area contributed by atoms with Gasteiger partial charge in [0, 0.05) is 38.3 Å². The molecule has 0 aromatic rings. The molecule has 0 aromatic heterocycles. The van der Waals surface area contributed by atoms with Crippen LogP contribution in [-0.4, -0.2) is 41.2 Å². The second kappa shape index (κ2) is 12.5. The van der Waals surface area contributed by atoms with Crippen molar-refractivity contribution >= 4 is 17.7 Å². The summed E-state index contributed by atoms with van der Waals surface area (Å²) in [6.45, 7) is 16.2. The summed E-state index contributed by atoms with van der Waals surface area (Å²) in [5.41, 5.74) is 0.347. The van der Waals surface area contributed by atoms with Crippen molar-refractivity contribution < 1.29 is 23.8 Å². The predicted octanol–water partition coefficient (Wildman–Crippen LogP) is 7.36. The average molecular weight is 530 g/mol. The number of hydrogen-bond acceptors (Lipinski definition) is 6. The molecule has 1 saturated carbocycles. The maximum Gasteiger partial charge on any atom is 0.341 e. The fourth-order valence-electron chi connectivity index (χ4n) is 5.93. The first-order valence-electron chi connectivity index (χ1n) is 14.8. The summed E-state index contributed by atoms with van der Waals surface area (Å²) >= 11 is 0. The lowest BCUT2D eigenvalue weighted by Gasteiger charge is -2.40. The number of nitrogens with zero attached hydrogens (tertiary/aromatic N) is 1. The van der Waals surface area contributed by atoms with E-state index >= 15 is 0 Å². The normalized spacial score (nSPS) is 24.9. The topological polar surface area (TPSA) is 74.2 Å². The summed E-state index contributed by atoms with van der Waals surface area (Å²) < 4.78 is 18.1. The molecule has 3 rings (SSSR count). The molecule has 2 heterocycles. The Morgan fingerprint density at radius 3 is 2.50 bits per heavy atom. The van der Waals surface area contributed by atoms with Crippen LogP contribution >= 0.6 is 0 Å². The first kappa shape index (κ1) is 30.6. The number of carbonyl (C=O) groups excluding carboxylic acids is 2. The van der Waals surface area contributed by atoms with Gasteiger partial charge in [-0.25, -0.2) is 4.79 Å². The summed E-state index contributed by atoms with van der Waals surface area (Å²) in [4.78, 5) is 31.6. The Morgan fingerprint density at radius 1 is 1.24 bits per heavy atom. The first-order chi connectivity index (χ1) is 17.7. The zero-order chi connectivity index (χ0) is 28.1. The molecule has 6 nitrogen and oxygen atoms in total. The minimum atomic E-state index is -1.21. The summed E-state index contributed by atoms with van der Waals surface area (Å²) in [7, 11) is 0. The highest BCUT2D eigenvalue weighted by Gasteiger charge is 2.60. The van der Waals surface area contributed by atoms with Crippen LogP contribution in [0.25, 0.3) is 0 Å². The van der Waals surface area contributed by atoms with Crippen LogP contribution in [0.4, 0.5) is 0 Å². The Hall–Kier alpha value is -1.95. The Balaban J connectivity index is 1.93. The summed E-state index contributed by atoms with van der Waals surface area (Å²) in [5.74, 6) is -0.738. The molecular formula is C32H51NO5. The maximum atomic E-state index is 13.8.